The minimum atomic E-state index is -0.537. The summed E-state index contributed by atoms with van der Waals surface area (Å²) >= 11 is 0. The predicted octanol–water partition coefficient (Wildman–Crippen LogP) is 1.91. The number of rotatable bonds is 3. The van der Waals surface area contributed by atoms with E-state index < -0.39 is 5.91 Å². The van der Waals surface area contributed by atoms with Crippen LogP contribution in [-0.2, 0) is 0 Å². The number of H-pyrrole nitrogens is 1. The molecule has 6 nitrogen and oxygen atoms in total. The number of imidazole rings is 1. The van der Waals surface area contributed by atoms with Gasteiger partial charge in [0.2, 0.25) is 5.91 Å². The first-order chi connectivity index (χ1) is 10.1. The van der Waals surface area contributed by atoms with Crippen molar-refractivity contribution in [2.24, 2.45) is 5.73 Å². The molecule has 0 saturated heterocycles. The van der Waals surface area contributed by atoms with Gasteiger partial charge in [0.25, 0.3) is 5.91 Å². The topological polar surface area (TPSA) is 101 Å². The Labute approximate surface area is 120 Å². The summed E-state index contributed by atoms with van der Waals surface area (Å²) in [6.45, 7) is 0. The maximum absolute atomic E-state index is 12.2. The summed E-state index contributed by atoms with van der Waals surface area (Å²) in [5, 5.41) is 2.73. The number of carbonyl (C=O) groups excluding carboxylic acids is 2. The molecule has 0 aliphatic carbocycles. The number of carbonyl (C=O) groups is 2. The zero-order chi connectivity index (χ0) is 14.8. The van der Waals surface area contributed by atoms with Gasteiger partial charge in [-0.05, 0) is 36.4 Å². The number of hydrogen-bond donors (Lipinski definition) is 3. The van der Waals surface area contributed by atoms with Crippen molar-refractivity contribution in [3.05, 3.63) is 59.9 Å². The normalized spacial score (nSPS) is 10.5. The summed E-state index contributed by atoms with van der Waals surface area (Å²) in [5.74, 6) is -0.807. The number of hydrogen-bond acceptors (Lipinski definition) is 3. The van der Waals surface area contributed by atoms with Crippen molar-refractivity contribution in [3.8, 4) is 0 Å². The van der Waals surface area contributed by atoms with Crippen LogP contribution in [0.2, 0.25) is 0 Å². The predicted molar refractivity (Wildman–Crippen MR) is 79.0 cm³/mol. The third-order valence-corrected chi connectivity index (χ3v) is 3.09. The smallest absolute Gasteiger partial charge is 0.255 e. The Kier molecular flexibility index (Phi) is 3.12. The van der Waals surface area contributed by atoms with E-state index in [2.05, 4.69) is 15.3 Å². The van der Waals surface area contributed by atoms with E-state index in [1.165, 1.54) is 6.07 Å². The standard InChI is InChI=1S/C15H12N4O2/c16-14(20)9-2-1-3-11(6-9)19-15(21)10-4-5-12-13(7-10)18-8-17-12/h1-8H,(H2,16,20)(H,17,18)(H,19,21). The SMILES string of the molecule is NC(=O)c1cccc(NC(=O)c2ccc3nc[nH]c3c2)c1. The number of nitrogens with two attached hydrogens (primary N) is 1. The van der Waals surface area contributed by atoms with E-state index in [0.29, 0.717) is 16.8 Å². The van der Waals surface area contributed by atoms with Crippen LogP contribution in [0, 0.1) is 0 Å². The molecule has 21 heavy (non-hydrogen) atoms. The number of aromatic amines is 1. The number of primary amides is 1. The summed E-state index contributed by atoms with van der Waals surface area (Å²) in [5.41, 5.74) is 8.15. The molecule has 1 heterocycles. The maximum Gasteiger partial charge on any atom is 0.255 e. The number of nitrogens with zero attached hydrogens (tertiary/aromatic N) is 1. The lowest BCUT2D eigenvalue weighted by molar-refractivity contribution is 0.0996. The van der Waals surface area contributed by atoms with Crippen molar-refractivity contribution in [3.63, 3.8) is 0 Å². The van der Waals surface area contributed by atoms with Gasteiger partial charge in [-0.2, -0.15) is 0 Å². The highest BCUT2D eigenvalue weighted by atomic mass is 16.2. The molecule has 0 fully saturated rings. The van der Waals surface area contributed by atoms with E-state index in [1.54, 1.807) is 42.7 Å². The third-order valence-electron chi connectivity index (χ3n) is 3.09. The van der Waals surface area contributed by atoms with Gasteiger partial charge in [-0.1, -0.05) is 6.07 Å². The fourth-order valence-corrected chi connectivity index (χ4v) is 2.03. The van der Waals surface area contributed by atoms with Crippen molar-refractivity contribution in [1.82, 2.24) is 9.97 Å². The largest absolute Gasteiger partial charge is 0.366 e. The van der Waals surface area contributed by atoms with E-state index in [9.17, 15) is 9.59 Å². The van der Waals surface area contributed by atoms with Crippen LogP contribution in [0.25, 0.3) is 11.0 Å². The summed E-state index contributed by atoms with van der Waals surface area (Å²) < 4.78 is 0. The van der Waals surface area contributed by atoms with Crippen molar-refractivity contribution >= 4 is 28.5 Å². The van der Waals surface area contributed by atoms with Gasteiger partial charge >= 0.3 is 0 Å². The van der Waals surface area contributed by atoms with E-state index >= 15 is 0 Å². The lowest BCUT2D eigenvalue weighted by Crippen LogP contribution is -2.14. The van der Waals surface area contributed by atoms with Gasteiger partial charge < -0.3 is 16.0 Å². The molecule has 1 aromatic heterocycles. The molecule has 0 atom stereocenters. The Balaban J connectivity index is 1.85. The van der Waals surface area contributed by atoms with E-state index in [1.807, 2.05) is 0 Å². The molecule has 0 radical (unpaired) electrons. The maximum atomic E-state index is 12.2. The number of anilines is 1. The third kappa shape index (κ3) is 2.59. The molecule has 0 bridgehead atoms. The number of amides is 2. The molecule has 0 aliphatic rings. The first-order valence-corrected chi connectivity index (χ1v) is 6.28. The Morgan fingerprint density at radius 3 is 2.76 bits per heavy atom. The molecule has 4 N–H and O–H groups in total. The Bertz CT molecular complexity index is 838. The average Bonchev–Trinajstić information content (AvgIpc) is 2.94. The van der Waals surface area contributed by atoms with Crippen LogP contribution in [0.1, 0.15) is 20.7 Å². The molecule has 3 aromatic rings. The van der Waals surface area contributed by atoms with Gasteiger partial charge in [-0.15, -0.1) is 0 Å². The fraction of sp³-hybridized carbons (Fsp3) is 0. The van der Waals surface area contributed by atoms with Crippen LogP contribution in [0.15, 0.2) is 48.8 Å². The summed E-state index contributed by atoms with van der Waals surface area (Å²) in [6.07, 6.45) is 1.57. The van der Waals surface area contributed by atoms with Gasteiger partial charge in [-0.3, -0.25) is 9.59 Å². The van der Waals surface area contributed by atoms with Crippen LogP contribution in [0.3, 0.4) is 0 Å². The highest BCUT2D eigenvalue weighted by Gasteiger charge is 2.09. The second kappa shape index (κ2) is 5.09. The van der Waals surface area contributed by atoms with E-state index in [-0.39, 0.29) is 5.91 Å². The Morgan fingerprint density at radius 2 is 1.95 bits per heavy atom. The number of nitrogens with one attached hydrogen (secondary N) is 2. The molecule has 104 valence electrons. The van der Waals surface area contributed by atoms with Crippen LogP contribution in [0.4, 0.5) is 5.69 Å². The number of aromatic nitrogens is 2. The van der Waals surface area contributed by atoms with Crippen LogP contribution in [-0.4, -0.2) is 21.8 Å². The summed E-state index contributed by atoms with van der Waals surface area (Å²) in [4.78, 5) is 30.4. The second-order valence-corrected chi connectivity index (χ2v) is 4.53. The minimum absolute atomic E-state index is 0.270. The summed E-state index contributed by atoms with van der Waals surface area (Å²) in [7, 11) is 0. The van der Waals surface area contributed by atoms with Gasteiger partial charge in [-0.25, -0.2) is 4.98 Å². The minimum Gasteiger partial charge on any atom is -0.366 e. The van der Waals surface area contributed by atoms with E-state index in [4.69, 9.17) is 5.73 Å². The van der Waals surface area contributed by atoms with E-state index in [0.717, 1.165) is 11.0 Å². The summed E-state index contributed by atoms with van der Waals surface area (Å²) in [6, 6.07) is 11.7. The van der Waals surface area contributed by atoms with Crippen molar-refractivity contribution in [2.45, 2.75) is 0 Å². The van der Waals surface area contributed by atoms with Gasteiger partial charge in [0, 0.05) is 16.8 Å². The zero-order valence-corrected chi connectivity index (χ0v) is 11.0. The molecule has 3 rings (SSSR count). The Hall–Kier alpha value is -3.15. The van der Waals surface area contributed by atoms with Gasteiger partial charge in [0.1, 0.15) is 0 Å². The van der Waals surface area contributed by atoms with Crippen molar-refractivity contribution in [1.29, 1.82) is 0 Å². The first kappa shape index (κ1) is 12.9. The average molecular weight is 280 g/mol. The van der Waals surface area contributed by atoms with Gasteiger partial charge in [0.15, 0.2) is 0 Å². The fourth-order valence-electron chi connectivity index (χ4n) is 2.03. The first-order valence-electron chi connectivity index (χ1n) is 6.28. The van der Waals surface area contributed by atoms with Crippen LogP contribution < -0.4 is 11.1 Å². The lowest BCUT2D eigenvalue weighted by atomic mass is 10.1. The van der Waals surface area contributed by atoms with Crippen molar-refractivity contribution < 1.29 is 9.59 Å². The zero-order valence-electron chi connectivity index (χ0n) is 11.0. The quantitative estimate of drug-likeness (QED) is 0.683. The molecule has 0 saturated carbocycles. The highest BCUT2D eigenvalue weighted by Crippen LogP contribution is 2.15. The van der Waals surface area contributed by atoms with Crippen molar-refractivity contribution in [2.75, 3.05) is 5.32 Å². The van der Waals surface area contributed by atoms with Crippen LogP contribution in [0.5, 0.6) is 0 Å². The molecular weight excluding hydrogens is 268 g/mol. The highest BCUT2D eigenvalue weighted by molar-refractivity contribution is 6.06. The number of benzene rings is 2. The second-order valence-electron chi connectivity index (χ2n) is 4.53. The Morgan fingerprint density at radius 1 is 1.10 bits per heavy atom. The molecule has 6 heteroatoms. The monoisotopic (exact) mass is 280 g/mol. The molecule has 2 amide bonds. The van der Waals surface area contributed by atoms with Crippen LogP contribution >= 0.6 is 0 Å². The number of fused-ring (bicyclic) bond motifs is 1. The van der Waals surface area contributed by atoms with Gasteiger partial charge in [0.05, 0.1) is 17.4 Å². The lowest BCUT2D eigenvalue weighted by Gasteiger charge is -2.06. The molecule has 2 aromatic carbocycles. The molecule has 0 aliphatic heterocycles. The molecule has 0 unspecified atom stereocenters. The molecule has 0 spiro atoms. The molecular formula is C15H12N4O2.